The highest BCUT2D eigenvalue weighted by Crippen LogP contribution is 2.55. The number of alkyl halides is 1. The molecule has 4 heterocycles. The molecule has 3 aromatic carbocycles. The third kappa shape index (κ3) is 7.91. The molecule has 10 nitrogen and oxygen atoms in total. The van der Waals surface area contributed by atoms with Gasteiger partial charge in [-0.25, -0.2) is 9.59 Å². The maximum Gasteiger partial charge on any atom is 0.339 e. The van der Waals surface area contributed by atoms with E-state index in [1.807, 2.05) is 31.2 Å². The molecule has 61 heavy (non-hydrogen) atoms. The van der Waals surface area contributed by atoms with Crippen molar-refractivity contribution in [2.24, 2.45) is 23.7 Å². The van der Waals surface area contributed by atoms with E-state index in [1.165, 1.54) is 15.9 Å². The van der Waals surface area contributed by atoms with Gasteiger partial charge in [0.15, 0.2) is 11.2 Å². The van der Waals surface area contributed by atoms with Crippen molar-refractivity contribution in [1.29, 1.82) is 0 Å². The van der Waals surface area contributed by atoms with E-state index in [9.17, 15) is 29.4 Å². The maximum absolute atomic E-state index is 12.3. The Labute approximate surface area is 374 Å². The number of amides is 2. The number of hydrogen-bond acceptors (Lipinski definition) is 8. The smallest absolute Gasteiger partial charge is 0.339 e. The molecule has 10 atom stereocenters. The van der Waals surface area contributed by atoms with Crippen LogP contribution in [-0.4, -0.2) is 72.9 Å². The number of benzene rings is 3. The van der Waals surface area contributed by atoms with Gasteiger partial charge in [-0.05, 0) is 89.0 Å². The summed E-state index contributed by atoms with van der Waals surface area (Å²) in [4.78, 5) is 49.0. The molecule has 0 aromatic heterocycles. The summed E-state index contributed by atoms with van der Waals surface area (Å²) in [5, 5.41) is 31.4. The summed E-state index contributed by atoms with van der Waals surface area (Å²) in [5.41, 5.74) is -4.40. The number of aliphatic hydroxyl groups is 2. The van der Waals surface area contributed by atoms with E-state index in [1.54, 1.807) is 13.8 Å². The first kappa shape index (κ1) is 45.1. The van der Waals surface area contributed by atoms with Gasteiger partial charge in [0, 0.05) is 16.3 Å². The Hall–Kier alpha value is -3.90. The number of hydrogen-bond donors (Lipinski definition) is 4. The minimum absolute atomic E-state index is 0.105. The fraction of sp³-hybridized carbons (Fsp3) is 0.469. The fourth-order valence-electron chi connectivity index (χ4n) is 10.3. The molecular weight excluding hydrogens is 902 g/mol. The third-order valence-corrected chi connectivity index (χ3v) is 16.8. The number of esters is 2. The Kier molecular flexibility index (Phi) is 13.9. The summed E-state index contributed by atoms with van der Waals surface area (Å²) < 4.78 is 11.6. The van der Waals surface area contributed by atoms with Crippen LogP contribution in [0.25, 0.3) is 0 Å². The van der Waals surface area contributed by atoms with Crippen molar-refractivity contribution in [2.75, 3.05) is 4.43 Å². The van der Waals surface area contributed by atoms with E-state index in [0.717, 1.165) is 49.4 Å². The molecule has 6 aliphatic rings. The fourth-order valence-corrected chi connectivity index (χ4v) is 13.3. The minimum atomic E-state index is -1.27. The predicted molar refractivity (Wildman–Crippen MR) is 246 cm³/mol. The van der Waals surface area contributed by atoms with Crippen LogP contribution in [0.3, 0.4) is 0 Å². The number of ether oxygens (including phenoxy) is 2. The summed E-state index contributed by atoms with van der Waals surface area (Å²) in [7, 11) is -0.446. The predicted octanol–water partition coefficient (Wildman–Crippen LogP) is 6.08. The van der Waals surface area contributed by atoms with Crippen molar-refractivity contribution in [2.45, 2.75) is 113 Å². The quantitative estimate of drug-likeness (QED) is 0.0595. The molecule has 4 N–H and O–H groups in total. The number of allylic oxidation sites excluding steroid dienone is 2. The number of fused-ring (bicyclic) bond motifs is 2. The minimum Gasteiger partial charge on any atom is -0.453 e. The average Bonchev–Trinajstić information content (AvgIpc) is 3.58. The highest BCUT2D eigenvalue weighted by atomic mass is 127. The van der Waals surface area contributed by atoms with Crippen molar-refractivity contribution in [3.63, 3.8) is 0 Å². The molecular formula is C49H58IN2O8P. The molecule has 4 fully saturated rings. The van der Waals surface area contributed by atoms with Crippen LogP contribution in [0.5, 0.6) is 0 Å². The number of halogens is 1. The average molecular weight is 961 g/mol. The van der Waals surface area contributed by atoms with E-state index in [4.69, 9.17) is 9.47 Å². The second kappa shape index (κ2) is 18.8. The molecule has 324 valence electrons. The van der Waals surface area contributed by atoms with Gasteiger partial charge < -0.3 is 30.3 Å². The third-order valence-electron chi connectivity index (χ3n) is 13.7. The molecule has 4 saturated heterocycles. The Balaban J connectivity index is 0.000000138. The number of carbonyl (C=O) groups is 4. The number of nitrogens with one attached hydrogen (secondary N) is 2. The summed E-state index contributed by atoms with van der Waals surface area (Å²) in [5.74, 6) is -2.32. The summed E-state index contributed by atoms with van der Waals surface area (Å²) >= 11 is 2.21. The van der Waals surface area contributed by atoms with E-state index in [2.05, 4.69) is 124 Å². The lowest BCUT2D eigenvalue weighted by atomic mass is 9.64. The Bertz CT molecular complexity index is 1920. The number of aliphatic hydroxyl groups excluding tert-OH is 2. The van der Waals surface area contributed by atoms with Crippen molar-refractivity contribution >= 4 is 70.2 Å². The Morgan fingerprint density at radius 2 is 1.03 bits per heavy atom. The van der Waals surface area contributed by atoms with Gasteiger partial charge in [0.1, 0.15) is 0 Å². The second-order valence-corrected chi connectivity index (χ2v) is 20.5. The summed E-state index contributed by atoms with van der Waals surface area (Å²) in [6, 6.07) is 32.3. The molecule has 2 amide bonds. The zero-order valence-electron chi connectivity index (χ0n) is 35.2. The lowest BCUT2D eigenvalue weighted by molar-refractivity contribution is -0.239. The van der Waals surface area contributed by atoms with Crippen LogP contribution in [0, 0.1) is 23.7 Å². The van der Waals surface area contributed by atoms with E-state index in [0.29, 0.717) is 12.8 Å². The van der Waals surface area contributed by atoms with Gasteiger partial charge in [0.05, 0.1) is 24.0 Å². The maximum atomic E-state index is 12.3. The van der Waals surface area contributed by atoms with Crippen LogP contribution in [0.1, 0.15) is 78.6 Å². The van der Waals surface area contributed by atoms with Gasteiger partial charge in [0.2, 0.25) is 22.9 Å². The zero-order valence-corrected chi connectivity index (χ0v) is 38.2. The molecule has 2 aliphatic carbocycles. The van der Waals surface area contributed by atoms with Crippen LogP contribution >= 0.6 is 30.5 Å². The second-order valence-electron chi connectivity index (χ2n) is 17.2. The molecule has 0 bridgehead atoms. The highest BCUT2D eigenvalue weighted by Gasteiger charge is 2.80. The molecule has 4 aliphatic heterocycles. The van der Waals surface area contributed by atoms with E-state index >= 15 is 0 Å². The van der Waals surface area contributed by atoms with Crippen LogP contribution in [0.4, 0.5) is 0 Å². The number of rotatable bonds is 11. The van der Waals surface area contributed by atoms with Crippen molar-refractivity contribution < 1.29 is 38.9 Å². The molecule has 12 heteroatoms. The lowest BCUT2D eigenvalue weighted by Crippen LogP contribution is -2.80. The van der Waals surface area contributed by atoms with Gasteiger partial charge >= 0.3 is 11.9 Å². The molecule has 9 rings (SSSR count). The Morgan fingerprint density at radius 3 is 1.34 bits per heavy atom. The van der Waals surface area contributed by atoms with E-state index < -0.39 is 54.3 Å². The molecule has 3 aromatic rings. The van der Waals surface area contributed by atoms with Crippen molar-refractivity contribution in [1.82, 2.24) is 10.6 Å². The highest BCUT2D eigenvalue weighted by molar-refractivity contribution is 14.1. The molecule has 0 spiro atoms. The van der Waals surface area contributed by atoms with Gasteiger partial charge in [-0.1, -0.05) is 151 Å². The van der Waals surface area contributed by atoms with Crippen LogP contribution < -0.4 is 26.5 Å². The van der Waals surface area contributed by atoms with Crippen molar-refractivity contribution in [3.05, 3.63) is 115 Å². The molecule has 0 unspecified atom stereocenters. The van der Waals surface area contributed by atoms with Gasteiger partial charge in [-0.15, -0.1) is 0 Å². The Morgan fingerprint density at radius 1 is 0.656 bits per heavy atom. The topological polar surface area (TPSA) is 151 Å². The summed E-state index contributed by atoms with van der Waals surface area (Å²) in [6.45, 7) is 5.55. The largest absolute Gasteiger partial charge is 0.453 e. The van der Waals surface area contributed by atoms with Crippen LogP contribution in [0.15, 0.2) is 115 Å². The first-order chi connectivity index (χ1) is 29.4. The molecule has 0 saturated carbocycles. The monoisotopic (exact) mass is 960 g/mol. The first-order valence-corrected chi connectivity index (χ1v) is 24.6. The zero-order chi connectivity index (χ0) is 43.4. The first-order valence-electron chi connectivity index (χ1n) is 21.7. The van der Waals surface area contributed by atoms with Crippen LogP contribution in [-0.2, 0) is 28.7 Å². The molecule has 0 radical (unpaired) electrons. The van der Waals surface area contributed by atoms with Crippen LogP contribution in [0.2, 0.25) is 0 Å². The SMILES string of the molecule is CCC[C@H]1C(=O)N[C@@]2([C@@H](O)[C@@H]3C=CCCC3)C(=O)O[C@@]12C.C[C@@]12OC(=O)[C@]1([C@@H](O)[C@@H]1C=CCCC1)NC(=O)[C@@H]2CCI.c1ccc(P(c2ccccc2)c2ccccc2)cc1. The number of carbonyl (C=O) groups excluding carboxylic acids is 4. The van der Waals surface area contributed by atoms with Crippen molar-refractivity contribution in [3.8, 4) is 0 Å². The van der Waals surface area contributed by atoms with Gasteiger partial charge in [-0.2, -0.15) is 0 Å². The lowest BCUT2D eigenvalue weighted by Gasteiger charge is -2.54. The standard InChI is InChI=1S/C18H15P.C16H23NO4.C15H20INO4/c1-4-10-16(11-5-1)19(17-12-6-2-7-13-17)18-14-8-3-9-15-18;1-3-7-11-13(19)17-16(14(20)21-15(11,16)2)12(18)10-8-5-4-6-9-10;1-14-10(7-8-16)12(19)17-15(14,13(20)21-14)11(18)9-5-3-2-4-6-9/h1-15H;5,8,10-12,18H,3-4,6-7,9H2,1-2H3,(H,17,19);3,5,9-11,18H,2,4,6-8H2,1H3,(H,17,19)/t;10-,11+,12+,15+,16+;9-,10+,11+,14+,15+/m.11/s1. The van der Waals surface area contributed by atoms with Gasteiger partial charge in [-0.3, -0.25) is 9.59 Å². The normalized spacial score (nSPS) is 32.8. The van der Waals surface area contributed by atoms with E-state index in [-0.39, 0.29) is 35.5 Å². The summed E-state index contributed by atoms with van der Waals surface area (Å²) in [6.07, 6.45) is 13.9. The van der Waals surface area contributed by atoms with Gasteiger partial charge in [0.25, 0.3) is 0 Å².